The van der Waals surface area contributed by atoms with Gasteiger partial charge in [0.15, 0.2) is 0 Å². The minimum Gasteiger partial charge on any atom is -0.349 e. The van der Waals surface area contributed by atoms with Crippen LogP contribution in [0.3, 0.4) is 0 Å². The highest BCUT2D eigenvalue weighted by Gasteiger charge is 2.32. The molecule has 0 aliphatic carbocycles. The Morgan fingerprint density at radius 3 is 2.58 bits per heavy atom. The molecule has 0 saturated carbocycles. The van der Waals surface area contributed by atoms with E-state index in [2.05, 4.69) is 21.5 Å². The van der Waals surface area contributed by atoms with Crippen LogP contribution < -0.4 is 16.1 Å². The van der Waals surface area contributed by atoms with Gasteiger partial charge in [-0.3, -0.25) is 9.78 Å². The highest BCUT2D eigenvalue weighted by Crippen LogP contribution is 2.35. The van der Waals surface area contributed by atoms with Crippen molar-refractivity contribution in [3.05, 3.63) is 97.0 Å². The average Bonchev–Trinajstić information content (AvgIpc) is 3.46. The minimum atomic E-state index is -4.40. The molecular weight excluding hydrogens is 449 g/mol. The summed E-state index contributed by atoms with van der Waals surface area (Å²) in [6.45, 7) is 4.05. The van der Waals surface area contributed by atoms with Gasteiger partial charge < -0.3 is 14.5 Å². The molecule has 0 saturated heterocycles. The number of hydrogen-bond donors (Lipinski definition) is 2. The number of nitrogens with one attached hydrogen (secondary N) is 2. The van der Waals surface area contributed by atoms with Crippen molar-refractivity contribution in [1.29, 1.82) is 0 Å². The van der Waals surface area contributed by atoms with Gasteiger partial charge in [0.1, 0.15) is 5.48 Å². The summed E-state index contributed by atoms with van der Waals surface area (Å²) < 4.78 is 40.6. The van der Waals surface area contributed by atoms with Crippen LogP contribution in [0, 0.1) is 10.7 Å². The van der Waals surface area contributed by atoms with Gasteiger partial charge in [0.2, 0.25) is 0 Å². The van der Waals surface area contributed by atoms with Crippen LogP contribution in [0.4, 0.5) is 13.2 Å². The van der Waals surface area contributed by atoms with Crippen LogP contribution >= 0.6 is 11.3 Å². The van der Waals surface area contributed by atoms with E-state index < -0.39 is 11.7 Å². The number of rotatable bonds is 3. The van der Waals surface area contributed by atoms with Crippen molar-refractivity contribution in [2.45, 2.75) is 6.18 Å². The molecule has 3 aromatic heterocycles. The zero-order valence-corrected chi connectivity index (χ0v) is 18.1. The first-order valence-electron chi connectivity index (χ1n) is 9.90. The number of nitrogens with zero attached hydrogens (tertiary/aromatic N) is 2. The second kappa shape index (κ2) is 7.63. The summed E-state index contributed by atoms with van der Waals surface area (Å²) >= 11 is 1.32. The van der Waals surface area contributed by atoms with Crippen LogP contribution in [0.1, 0.15) is 10.4 Å². The summed E-state index contributed by atoms with van der Waals surface area (Å²) in [5, 5.41) is 1.82. The third kappa shape index (κ3) is 3.80. The molecule has 2 aliphatic rings. The molecule has 33 heavy (non-hydrogen) atoms. The Morgan fingerprint density at radius 1 is 1.12 bits per heavy atom. The Balaban J connectivity index is 1.63. The van der Waals surface area contributed by atoms with Gasteiger partial charge >= 0.3 is 6.18 Å². The van der Waals surface area contributed by atoms with Crippen molar-refractivity contribution in [2.24, 2.45) is 7.05 Å². The first-order valence-corrected chi connectivity index (χ1v) is 10.7. The number of alkyl halides is 3. The number of hydrogen-bond acceptors (Lipinski definition) is 3. The summed E-state index contributed by atoms with van der Waals surface area (Å²) in [6.07, 6.45) is 1.78. The van der Waals surface area contributed by atoms with E-state index in [0.29, 0.717) is 31.8 Å². The molecule has 2 N–H and O–H groups in total. The fourth-order valence-corrected chi connectivity index (χ4v) is 4.82. The highest BCUT2D eigenvalue weighted by molar-refractivity contribution is 7.16. The first-order chi connectivity index (χ1) is 15.7. The lowest BCUT2D eigenvalue weighted by Gasteiger charge is -2.02. The van der Waals surface area contributed by atoms with Gasteiger partial charge in [0.05, 0.1) is 21.4 Å². The SMILES string of the molecule is C=c1[nH]c2[nH]c(=O)c(=Cc3ccc(-c4cc(C(F)(F)F)cn4C)s3)c=2cc1-c1ccncc1. The smallest absolute Gasteiger partial charge is 0.349 e. The molecular formula is C24H17F3N4OS. The maximum absolute atomic E-state index is 13.1. The number of halogens is 3. The van der Waals surface area contributed by atoms with Gasteiger partial charge in [-0.05, 0) is 48.0 Å². The van der Waals surface area contributed by atoms with Crippen molar-refractivity contribution >= 4 is 24.0 Å². The monoisotopic (exact) mass is 466 g/mol. The Morgan fingerprint density at radius 2 is 1.88 bits per heavy atom. The van der Waals surface area contributed by atoms with E-state index in [1.54, 1.807) is 37.7 Å². The molecule has 0 spiro atoms. The number of aromatic amines is 2. The van der Waals surface area contributed by atoms with E-state index in [1.165, 1.54) is 15.9 Å². The second-order valence-corrected chi connectivity index (χ2v) is 8.74. The molecule has 0 bridgehead atoms. The zero-order valence-electron chi connectivity index (χ0n) is 17.3. The lowest BCUT2D eigenvalue weighted by atomic mass is 10.1. The van der Waals surface area contributed by atoms with E-state index >= 15 is 0 Å². The fraction of sp³-hybridized carbons (Fsp3) is 0.0833. The third-order valence-electron chi connectivity index (χ3n) is 5.42. The Labute approximate surface area is 188 Å². The van der Waals surface area contributed by atoms with Gasteiger partial charge in [0, 0.05) is 46.6 Å². The zero-order chi connectivity index (χ0) is 23.3. The Bertz CT molecular complexity index is 1710. The molecule has 166 valence electrons. The predicted molar refractivity (Wildman–Crippen MR) is 122 cm³/mol. The van der Waals surface area contributed by atoms with E-state index in [-0.39, 0.29) is 5.56 Å². The van der Waals surface area contributed by atoms with E-state index in [1.807, 2.05) is 18.2 Å². The third-order valence-corrected chi connectivity index (χ3v) is 6.48. The van der Waals surface area contributed by atoms with Gasteiger partial charge in [-0.15, -0.1) is 11.3 Å². The molecule has 5 heterocycles. The molecule has 9 heteroatoms. The number of aryl methyl sites for hydroxylation is 1. The van der Waals surface area contributed by atoms with E-state index in [9.17, 15) is 18.0 Å². The summed E-state index contributed by atoms with van der Waals surface area (Å²) in [5.74, 6) is 0. The van der Waals surface area contributed by atoms with Gasteiger partial charge in [0.25, 0.3) is 5.56 Å². The van der Waals surface area contributed by atoms with Crippen molar-refractivity contribution in [1.82, 2.24) is 19.5 Å². The quantitative estimate of drug-likeness (QED) is 0.425. The largest absolute Gasteiger partial charge is 0.417 e. The van der Waals surface area contributed by atoms with Crippen molar-refractivity contribution in [3.63, 3.8) is 0 Å². The van der Waals surface area contributed by atoms with Gasteiger partial charge in [-0.25, -0.2) is 0 Å². The van der Waals surface area contributed by atoms with Crippen molar-refractivity contribution in [3.8, 4) is 21.7 Å². The molecule has 0 aromatic carbocycles. The summed E-state index contributed by atoms with van der Waals surface area (Å²) in [5.41, 5.74) is 1.82. The number of H-pyrrole nitrogens is 2. The molecule has 5 rings (SSSR count). The Kier molecular flexibility index (Phi) is 4.86. The second-order valence-electron chi connectivity index (χ2n) is 7.62. The van der Waals surface area contributed by atoms with E-state index in [4.69, 9.17) is 0 Å². The lowest BCUT2D eigenvalue weighted by molar-refractivity contribution is -0.137. The van der Waals surface area contributed by atoms with Crippen LogP contribution in [0.5, 0.6) is 0 Å². The maximum atomic E-state index is 13.1. The van der Waals surface area contributed by atoms with Crippen LogP contribution in [0.2, 0.25) is 0 Å². The molecule has 0 amide bonds. The van der Waals surface area contributed by atoms with Crippen LogP contribution in [0.25, 0.3) is 34.4 Å². The van der Waals surface area contributed by atoms with Crippen LogP contribution in [0.15, 0.2) is 59.8 Å². The summed E-state index contributed by atoms with van der Waals surface area (Å²) in [7, 11) is 1.58. The number of thiophene rings is 1. The van der Waals surface area contributed by atoms with Gasteiger partial charge in [-0.1, -0.05) is 6.58 Å². The highest BCUT2D eigenvalue weighted by atomic mass is 32.1. The average molecular weight is 466 g/mol. The minimum absolute atomic E-state index is 0.263. The maximum Gasteiger partial charge on any atom is 0.417 e. The number of aromatic nitrogens is 4. The molecule has 3 aromatic rings. The van der Waals surface area contributed by atoms with Crippen molar-refractivity contribution < 1.29 is 13.2 Å². The molecule has 2 aliphatic heterocycles. The predicted octanol–water partition coefficient (Wildman–Crippen LogP) is 3.81. The van der Waals surface area contributed by atoms with E-state index in [0.717, 1.165) is 28.3 Å². The topological polar surface area (TPSA) is 66.5 Å². The molecule has 0 unspecified atom stereocenters. The summed E-state index contributed by atoms with van der Waals surface area (Å²) in [4.78, 5) is 24.1. The number of pyridine rings is 1. The Hall–Kier alpha value is -3.85. The molecule has 0 radical (unpaired) electrons. The fourth-order valence-electron chi connectivity index (χ4n) is 3.81. The molecule has 0 atom stereocenters. The van der Waals surface area contributed by atoms with Crippen LogP contribution in [-0.4, -0.2) is 19.5 Å². The molecule has 5 nitrogen and oxygen atoms in total. The standard InChI is InChI=1S/C24H17F3N4OS/c1-13-17(14-5-7-28-8-6-14)11-18-19(23(32)30-22(18)29-13)10-16-3-4-21(33-16)20-9-15(12-31(20)2)24(25,26)27/h3-12,29H,1H2,2H3,(H,30,32). The van der Waals surface area contributed by atoms with Gasteiger partial charge in [-0.2, -0.15) is 13.2 Å². The first kappa shape index (κ1) is 21.0. The van der Waals surface area contributed by atoms with Crippen LogP contribution in [-0.2, 0) is 13.2 Å². The summed E-state index contributed by atoms with van der Waals surface area (Å²) in [6, 6.07) is 10.3. The van der Waals surface area contributed by atoms with Crippen molar-refractivity contribution in [2.75, 3.05) is 0 Å². The normalized spacial score (nSPS) is 12.7. The lowest BCUT2D eigenvalue weighted by Crippen LogP contribution is -2.22. The molecule has 0 fully saturated rings.